The summed E-state index contributed by atoms with van der Waals surface area (Å²) < 4.78 is 13.0. The molecule has 0 amide bonds. The molecule has 1 aromatic carbocycles. The van der Waals surface area contributed by atoms with Crippen LogP contribution in [0.25, 0.3) is 11.0 Å². The van der Waals surface area contributed by atoms with Gasteiger partial charge in [-0.3, -0.25) is 0 Å². The lowest BCUT2D eigenvalue weighted by molar-refractivity contribution is 0.630. The summed E-state index contributed by atoms with van der Waals surface area (Å²) in [4.78, 5) is 7.10. The Morgan fingerprint density at radius 1 is 1.57 bits per heavy atom. The molecule has 0 radical (unpaired) electrons. The first kappa shape index (κ1) is 9.43. The maximum atomic E-state index is 13.0. The Morgan fingerprint density at radius 3 is 2.93 bits per heavy atom. The molecule has 0 unspecified atom stereocenters. The highest BCUT2D eigenvalue weighted by Crippen LogP contribution is 2.25. The van der Waals surface area contributed by atoms with Gasteiger partial charge in [0.25, 0.3) is 0 Å². The van der Waals surface area contributed by atoms with Gasteiger partial charge in [0.15, 0.2) is 0 Å². The zero-order chi connectivity index (χ0) is 10.3. The van der Waals surface area contributed by atoms with Gasteiger partial charge in [-0.15, -0.1) is 0 Å². The predicted molar refractivity (Wildman–Crippen MR) is 53.7 cm³/mol. The Balaban J connectivity index is 2.71. The average molecular weight is 214 g/mol. The molecule has 0 saturated heterocycles. The van der Waals surface area contributed by atoms with E-state index in [2.05, 4.69) is 9.97 Å². The summed E-state index contributed by atoms with van der Waals surface area (Å²) in [5.41, 5.74) is 6.76. The molecule has 3 nitrogen and oxygen atoms in total. The van der Waals surface area contributed by atoms with E-state index in [9.17, 15) is 4.39 Å². The third kappa shape index (κ3) is 1.36. The zero-order valence-corrected chi connectivity index (χ0v) is 8.27. The van der Waals surface area contributed by atoms with Crippen LogP contribution in [0.1, 0.15) is 18.8 Å². The predicted octanol–water partition coefficient (Wildman–Crippen LogP) is 2.38. The van der Waals surface area contributed by atoms with Crippen LogP contribution in [-0.4, -0.2) is 9.97 Å². The van der Waals surface area contributed by atoms with Crippen LogP contribution in [0.5, 0.6) is 0 Å². The van der Waals surface area contributed by atoms with E-state index in [-0.39, 0.29) is 11.1 Å². The summed E-state index contributed by atoms with van der Waals surface area (Å²) in [5.74, 6) is 0.134. The highest BCUT2D eigenvalue weighted by molar-refractivity contribution is 6.35. The van der Waals surface area contributed by atoms with Crippen molar-refractivity contribution in [3.05, 3.63) is 28.8 Å². The third-order valence-corrected chi connectivity index (χ3v) is 2.35. The number of aromatic nitrogens is 2. The number of benzene rings is 1. The lowest BCUT2D eigenvalue weighted by Gasteiger charge is -1.96. The number of halogens is 2. The van der Waals surface area contributed by atoms with E-state index in [1.165, 1.54) is 6.07 Å². The molecule has 5 heteroatoms. The zero-order valence-electron chi connectivity index (χ0n) is 7.51. The molecular weight excluding hydrogens is 205 g/mol. The molecule has 0 fully saturated rings. The standard InChI is InChI=1S/C9H9ClFN3/c1-4(12)9-13-6-3-2-5(11)7(10)8(6)14-9/h2-4H,12H2,1H3,(H,13,14)/t4-/m0/s1. The van der Waals surface area contributed by atoms with Gasteiger partial charge in [0.1, 0.15) is 22.2 Å². The summed E-state index contributed by atoms with van der Waals surface area (Å²) in [7, 11) is 0. The Bertz CT molecular complexity index is 478. The molecule has 3 N–H and O–H groups in total. The van der Waals surface area contributed by atoms with Crippen LogP contribution in [0.2, 0.25) is 5.02 Å². The fourth-order valence-electron chi connectivity index (χ4n) is 1.25. The number of nitrogens with one attached hydrogen (secondary N) is 1. The number of H-pyrrole nitrogens is 1. The number of hydrogen-bond acceptors (Lipinski definition) is 2. The van der Waals surface area contributed by atoms with Gasteiger partial charge in [-0.1, -0.05) is 11.6 Å². The van der Waals surface area contributed by atoms with Crippen LogP contribution in [0.3, 0.4) is 0 Å². The molecule has 74 valence electrons. The molecule has 0 aliphatic carbocycles. The summed E-state index contributed by atoms with van der Waals surface area (Å²) in [5, 5.41) is 0.0330. The number of imidazole rings is 1. The smallest absolute Gasteiger partial charge is 0.144 e. The van der Waals surface area contributed by atoms with E-state index in [4.69, 9.17) is 17.3 Å². The highest BCUT2D eigenvalue weighted by atomic mass is 35.5. The normalized spacial score (nSPS) is 13.4. The molecule has 2 rings (SSSR count). The molecule has 14 heavy (non-hydrogen) atoms. The van der Waals surface area contributed by atoms with Gasteiger partial charge in [0, 0.05) is 0 Å². The van der Waals surface area contributed by atoms with Crippen molar-refractivity contribution in [1.82, 2.24) is 9.97 Å². The van der Waals surface area contributed by atoms with Crippen molar-refractivity contribution in [3.8, 4) is 0 Å². The molecule has 0 saturated carbocycles. The van der Waals surface area contributed by atoms with Gasteiger partial charge in [-0.25, -0.2) is 9.37 Å². The second kappa shape index (κ2) is 3.22. The highest BCUT2D eigenvalue weighted by Gasteiger charge is 2.11. The molecule has 0 spiro atoms. The van der Waals surface area contributed by atoms with Crippen LogP contribution >= 0.6 is 11.6 Å². The van der Waals surface area contributed by atoms with Crippen molar-refractivity contribution in [2.75, 3.05) is 0 Å². The van der Waals surface area contributed by atoms with Crippen molar-refractivity contribution >= 4 is 22.6 Å². The van der Waals surface area contributed by atoms with Gasteiger partial charge in [-0.05, 0) is 19.1 Å². The number of hydrogen-bond donors (Lipinski definition) is 2. The Hall–Kier alpha value is -1.13. The molecule has 0 bridgehead atoms. The van der Waals surface area contributed by atoms with E-state index in [1.807, 2.05) is 0 Å². The maximum Gasteiger partial charge on any atom is 0.144 e. The lowest BCUT2D eigenvalue weighted by Crippen LogP contribution is -2.06. The molecular formula is C9H9ClFN3. The molecule has 1 heterocycles. The van der Waals surface area contributed by atoms with Gasteiger partial charge in [0.05, 0.1) is 11.6 Å². The first-order valence-electron chi connectivity index (χ1n) is 4.19. The Labute approximate surface area is 85.1 Å². The van der Waals surface area contributed by atoms with Crippen molar-refractivity contribution < 1.29 is 4.39 Å². The van der Waals surface area contributed by atoms with Gasteiger partial charge < -0.3 is 10.7 Å². The number of rotatable bonds is 1. The minimum absolute atomic E-state index is 0.0330. The molecule has 1 aromatic heterocycles. The van der Waals surface area contributed by atoms with Gasteiger partial charge in [0.2, 0.25) is 0 Å². The monoisotopic (exact) mass is 213 g/mol. The SMILES string of the molecule is C[C@H](N)c1nc2c(Cl)c(F)ccc2[nH]1. The fraction of sp³-hybridized carbons (Fsp3) is 0.222. The summed E-state index contributed by atoms with van der Waals surface area (Å²) in [6.07, 6.45) is 0. The lowest BCUT2D eigenvalue weighted by atomic mass is 10.3. The van der Waals surface area contributed by atoms with Crippen molar-refractivity contribution in [2.24, 2.45) is 5.73 Å². The average Bonchev–Trinajstić information content (AvgIpc) is 2.56. The van der Waals surface area contributed by atoms with Crippen LogP contribution in [-0.2, 0) is 0 Å². The number of aromatic amines is 1. The third-order valence-electron chi connectivity index (χ3n) is 2.00. The summed E-state index contributed by atoms with van der Waals surface area (Å²) in [6.45, 7) is 1.79. The van der Waals surface area contributed by atoms with E-state index in [0.29, 0.717) is 16.9 Å². The minimum Gasteiger partial charge on any atom is -0.341 e. The van der Waals surface area contributed by atoms with Crippen LogP contribution in [0.4, 0.5) is 4.39 Å². The molecule has 2 aromatic rings. The topological polar surface area (TPSA) is 54.7 Å². The molecule has 0 aliphatic rings. The van der Waals surface area contributed by atoms with Crippen molar-refractivity contribution in [2.45, 2.75) is 13.0 Å². The van der Waals surface area contributed by atoms with Crippen LogP contribution < -0.4 is 5.73 Å². The fourth-order valence-corrected chi connectivity index (χ4v) is 1.46. The number of nitrogens with two attached hydrogens (primary N) is 1. The first-order valence-corrected chi connectivity index (χ1v) is 4.56. The minimum atomic E-state index is -0.470. The second-order valence-corrected chi connectivity index (χ2v) is 3.55. The van der Waals surface area contributed by atoms with Gasteiger partial charge in [-0.2, -0.15) is 0 Å². The molecule has 0 aliphatic heterocycles. The second-order valence-electron chi connectivity index (χ2n) is 3.17. The summed E-state index contributed by atoms with van der Waals surface area (Å²) in [6, 6.07) is 2.67. The summed E-state index contributed by atoms with van der Waals surface area (Å²) >= 11 is 5.75. The van der Waals surface area contributed by atoms with Gasteiger partial charge >= 0.3 is 0 Å². The number of fused-ring (bicyclic) bond motifs is 1. The first-order chi connectivity index (χ1) is 6.59. The van der Waals surface area contributed by atoms with Crippen LogP contribution in [0, 0.1) is 5.82 Å². The number of nitrogens with zero attached hydrogens (tertiary/aromatic N) is 1. The van der Waals surface area contributed by atoms with Crippen molar-refractivity contribution in [3.63, 3.8) is 0 Å². The Kier molecular flexibility index (Phi) is 2.17. The quantitative estimate of drug-likeness (QED) is 0.764. The van der Waals surface area contributed by atoms with Crippen molar-refractivity contribution in [1.29, 1.82) is 0 Å². The van der Waals surface area contributed by atoms with E-state index in [0.717, 1.165) is 0 Å². The molecule has 1 atom stereocenters. The Morgan fingerprint density at radius 2 is 2.29 bits per heavy atom. The van der Waals surface area contributed by atoms with E-state index >= 15 is 0 Å². The van der Waals surface area contributed by atoms with E-state index < -0.39 is 5.82 Å². The largest absolute Gasteiger partial charge is 0.341 e. The van der Waals surface area contributed by atoms with Crippen LogP contribution in [0.15, 0.2) is 12.1 Å². The maximum absolute atomic E-state index is 13.0. The van der Waals surface area contributed by atoms with E-state index in [1.54, 1.807) is 13.0 Å².